The summed E-state index contributed by atoms with van der Waals surface area (Å²) in [7, 11) is 0. The van der Waals surface area contributed by atoms with E-state index >= 15 is 0 Å². The van der Waals surface area contributed by atoms with Crippen molar-refractivity contribution in [3.63, 3.8) is 0 Å². The lowest BCUT2D eigenvalue weighted by Crippen LogP contribution is -1.93. The SMILES string of the molecule is CC(C)Cc1nc(CC#N)c(Cl)s1. The van der Waals surface area contributed by atoms with E-state index in [0.717, 1.165) is 17.1 Å². The maximum Gasteiger partial charge on any atom is 0.117 e. The second-order valence-electron chi connectivity index (χ2n) is 3.26. The Hall–Kier alpha value is -0.590. The summed E-state index contributed by atoms with van der Waals surface area (Å²) in [5.41, 5.74) is 0.727. The van der Waals surface area contributed by atoms with Crippen molar-refractivity contribution in [3.05, 3.63) is 15.0 Å². The van der Waals surface area contributed by atoms with Gasteiger partial charge in [-0.3, -0.25) is 0 Å². The third kappa shape index (κ3) is 2.98. The van der Waals surface area contributed by atoms with Gasteiger partial charge in [-0.05, 0) is 5.92 Å². The van der Waals surface area contributed by atoms with E-state index in [-0.39, 0.29) is 0 Å². The van der Waals surface area contributed by atoms with Crippen molar-refractivity contribution in [2.24, 2.45) is 5.92 Å². The summed E-state index contributed by atoms with van der Waals surface area (Å²) < 4.78 is 0.664. The Morgan fingerprint density at radius 2 is 2.31 bits per heavy atom. The number of halogens is 1. The molecule has 2 nitrogen and oxygen atoms in total. The molecular weight excluding hydrogens is 204 g/mol. The van der Waals surface area contributed by atoms with Gasteiger partial charge in [0.2, 0.25) is 0 Å². The van der Waals surface area contributed by atoms with Crippen LogP contribution in [0.3, 0.4) is 0 Å². The van der Waals surface area contributed by atoms with Gasteiger partial charge < -0.3 is 0 Å². The highest BCUT2D eigenvalue weighted by Gasteiger charge is 2.09. The molecule has 1 heterocycles. The Bertz CT molecular complexity index is 325. The summed E-state index contributed by atoms with van der Waals surface area (Å²) in [5, 5.41) is 9.52. The predicted octanol–water partition coefficient (Wildman–Crippen LogP) is 3.06. The minimum atomic E-state index is 0.313. The average Bonchev–Trinajstić information content (AvgIpc) is 2.31. The zero-order valence-electron chi connectivity index (χ0n) is 7.67. The first-order valence-corrected chi connectivity index (χ1v) is 5.34. The van der Waals surface area contributed by atoms with Crippen LogP contribution in [0.1, 0.15) is 24.5 Å². The molecule has 4 heteroatoms. The monoisotopic (exact) mass is 214 g/mol. The van der Waals surface area contributed by atoms with E-state index in [4.69, 9.17) is 16.9 Å². The number of nitriles is 1. The van der Waals surface area contributed by atoms with Gasteiger partial charge in [0.25, 0.3) is 0 Å². The molecule has 0 amide bonds. The maximum absolute atomic E-state index is 8.49. The van der Waals surface area contributed by atoms with Gasteiger partial charge in [-0.1, -0.05) is 25.4 Å². The number of thiazole rings is 1. The van der Waals surface area contributed by atoms with Crippen molar-refractivity contribution in [1.82, 2.24) is 4.98 Å². The van der Waals surface area contributed by atoms with Crippen LogP contribution in [-0.2, 0) is 12.8 Å². The quantitative estimate of drug-likeness (QED) is 0.776. The molecule has 0 unspecified atom stereocenters. The van der Waals surface area contributed by atoms with Crippen LogP contribution in [0.5, 0.6) is 0 Å². The summed E-state index contributed by atoms with van der Waals surface area (Å²) in [4.78, 5) is 4.30. The van der Waals surface area contributed by atoms with Crippen LogP contribution < -0.4 is 0 Å². The van der Waals surface area contributed by atoms with Crippen LogP contribution in [-0.4, -0.2) is 4.98 Å². The minimum absolute atomic E-state index is 0.313. The number of rotatable bonds is 3. The lowest BCUT2D eigenvalue weighted by Gasteiger charge is -1.97. The highest BCUT2D eigenvalue weighted by molar-refractivity contribution is 7.16. The van der Waals surface area contributed by atoms with Crippen molar-refractivity contribution >= 4 is 22.9 Å². The van der Waals surface area contributed by atoms with Gasteiger partial charge in [0, 0.05) is 6.42 Å². The molecule has 0 aliphatic rings. The summed E-state index contributed by atoms with van der Waals surface area (Å²) in [6.45, 7) is 4.28. The molecule has 1 rings (SSSR count). The van der Waals surface area contributed by atoms with Crippen molar-refractivity contribution in [2.75, 3.05) is 0 Å². The van der Waals surface area contributed by atoms with Gasteiger partial charge in [0.05, 0.1) is 23.2 Å². The van der Waals surface area contributed by atoms with Gasteiger partial charge in [0.15, 0.2) is 0 Å². The molecule has 0 radical (unpaired) electrons. The van der Waals surface area contributed by atoms with Crippen LogP contribution >= 0.6 is 22.9 Å². The molecule has 70 valence electrons. The van der Waals surface area contributed by atoms with E-state index in [2.05, 4.69) is 24.9 Å². The van der Waals surface area contributed by atoms with E-state index in [0.29, 0.717) is 16.7 Å². The predicted molar refractivity (Wildman–Crippen MR) is 55.0 cm³/mol. The minimum Gasteiger partial charge on any atom is -0.244 e. The number of aromatic nitrogens is 1. The Kier molecular flexibility index (Phi) is 3.71. The van der Waals surface area contributed by atoms with E-state index in [9.17, 15) is 0 Å². The van der Waals surface area contributed by atoms with Crippen LogP contribution in [0, 0.1) is 17.2 Å². The summed E-state index contributed by atoms with van der Waals surface area (Å²) in [6, 6.07) is 2.05. The normalized spacial score (nSPS) is 10.4. The molecule has 0 bridgehead atoms. The molecular formula is C9H11ClN2S. The fraction of sp³-hybridized carbons (Fsp3) is 0.556. The van der Waals surface area contributed by atoms with Crippen molar-refractivity contribution < 1.29 is 0 Å². The van der Waals surface area contributed by atoms with Crippen molar-refractivity contribution in [2.45, 2.75) is 26.7 Å². The van der Waals surface area contributed by atoms with E-state index in [1.165, 1.54) is 11.3 Å². The van der Waals surface area contributed by atoms with Gasteiger partial charge in [-0.15, -0.1) is 11.3 Å². The third-order valence-corrected chi connectivity index (χ3v) is 2.88. The van der Waals surface area contributed by atoms with Crippen LogP contribution in [0.2, 0.25) is 4.34 Å². The summed E-state index contributed by atoms with van der Waals surface area (Å²) in [6.07, 6.45) is 1.25. The van der Waals surface area contributed by atoms with Gasteiger partial charge >= 0.3 is 0 Å². The molecule has 1 aromatic rings. The molecule has 0 aromatic carbocycles. The molecule has 0 saturated heterocycles. The first kappa shape index (κ1) is 10.5. The molecule has 0 atom stereocenters. The zero-order chi connectivity index (χ0) is 9.84. The maximum atomic E-state index is 8.49. The average molecular weight is 215 g/mol. The topological polar surface area (TPSA) is 36.7 Å². The molecule has 0 saturated carbocycles. The second kappa shape index (κ2) is 4.59. The molecule has 0 aliphatic carbocycles. The molecule has 0 fully saturated rings. The van der Waals surface area contributed by atoms with E-state index in [1.807, 2.05) is 0 Å². The fourth-order valence-corrected chi connectivity index (χ4v) is 2.39. The smallest absolute Gasteiger partial charge is 0.117 e. The van der Waals surface area contributed by atoms with Crippen LogP contribution in [0.25, 0.3) is 0 Å². The van der Waals surface area contributed by atoms with E-state index < -0.39 is 0 Å². The Morgan fingerprint density at radius 3 is 2.85 bits per heavy atom. The summed E-state index contributed by atoms with van der Waals surface area (Å²) in [5.74, 6) is 0.581. The van der Waals surface area contributed by atoms with Gasteiger partial charge in [-0.2, -0.15) is 5.26 Å². The Balaban J connectivity index is 2.77. The van der Waals surface area contributed by atoms with Gasteiger partial charge in [0.1, 0.15) is 4.34 Å². The number of nitrogens with zero attached hydrogens (tertiary/aromatic N) is 2. The fourth-order valence-electron chi connectivity index (χ4n) is 1.00. The lowest BCUT2D eigenvalue weighted by molar-refractivity contribution is 0.643. The molecule has 0 spiro atoms. The number of hydrogen-bond donors (Lipinski definition) is 0. The third-order valence-electron chi connectivity index (χ3n) is 1.52. The van der Waals surface area contributed by atoms with Crippen molar-refractivity contribution in [1.29, 1.82) is 5.26 Å². The highest BCUT2D eigenvalue weighted by Crippen LogP contribution is 2.26. The molecule has 0 aliphatic heterocycles. The van der Waals surface area contributed by atoms with Gasteiger partial charge in [-0.25, -0.2) is 4.98 Å². The van der Waals surface area contributed by atoms with Crippen LogP contribution in [0.4, 0.5) is 0 Å². The molecule has 0 N–H and O–H groups in total. The highest BCUT2D eigenvalue weighted by atomic mass is 35.5. The van der Waals surface area contributed by atoms with Crippen molar-refractivity contribution in [3.8, 4) is 6.07 Å². The first-order valence-electron chi connectivity index (χ1n) is 4.14. The van der Waals surface area contributed by atoms with E-state index in [1.54, 1.807) is 0 Å². The number of hydrogen-bond acceptors (Lipinski definition) is 3. The Morgan fingerprint density at radius 1 is 1.62 bits per heavy atom. The van der Waals surface area contributed by atoms with Crippen LogP contribution in [0.15, 0.2) is 0 Å². The second-order valence-corrected chi connectivity index (χ2v) is 4.95. The summed E-state index contributed by atoms with van der Waals surface area (Å²) >= 11 is 7.40. The Labute approximate surface area is 87.2 Å². The zero-order valence-corrected chi connectivity index (χ0v) is 9.24. The lowest BCUT2D eigenvalue weighted by atomic mass is 10.1. The first-order chi connectivity index (χ1) is 6.13. The molecule has 13 heavy (non-hydrogen) atoms. The largest absolute Gasteiger partial charge is 0.244 e. The standard InChI is InChI=1S/C9H11ClN2S/c1-6(2)5-8-12-7(3-4-11)9(10)13-8/h6H,3,5H2,1-2H3. The molecule has 1 aromatic heterocycles.